The van der Waals surface area contributed by atoms with Crippen LogP contribution >= 0.6 is 0 Å². The van der Waals surface area contributed by atoms with Crippen LogP contribution in [0.3, 0.4) is 0 Å². The molecule has 2 heteroatoms. The van der Waals surface area contributed by atoms with Crippen LogP contribution in [-0.2, 0) is 9.53 Å². The molecule has 0 saturated heterocycles. The number of carbonyl (C=O) groups is 1. The Bertz CT molecular complexity index is 352. The summed E-state index contributed by atoms with van der Waals surface area (Å²) in [6.07, 6.45) is 3.22. The van der Waals surface area contributed by atoms with Crippen LogP contribution in [0.4, 0.5) is 0 Å². The first-order valence-corrected chi connectivity index (χ1v) is 5.68. The molecule has 86 valence electrons. The van der Waals surface area contributed by atoms with E-state index >= 15 is 0 Å². The number of allylic oxidation sites excluding steroid dienone is 1. The SMILES string of the molecule is CCOC(=O)CC=C(CC)c1ccccc1. The molecule has 0 radical (unpaired) electrons. The van der Waals surface area contributed by atoms with Crippen molar-refractivity contribution in [3.8, 4) is 0 Å². The van der Waals surface area contributed by atoms with E-state index in [0.29, 0.717) is 13.0 Å². The van der Waals surface area contributed by atoms with Crippen molar-refractivity contribution in [1.82, 2.24) is 0 Å². The van der Waals surface area contributed by atoms with Crippen molar-refractivity contribution in [2.75, 3.05) is 6.61 Å². The maximum atomic E-state index is 11.2. The van der Waals surface area contributed by atoms with Gasteiger partial charge in [0.15, 0.2) is 0 Å². The van der Waals surface area contributed by atoms with Crippen LogP contribution in [0.5, 0.6) is 0 Å². The average molecular weight is 218 g/mol. The maximum Gasteiger partial charge on any atom is 0.309 e. The molecule has 0 amide bonds. The Hall–Kier alpha value is -1.57. The van der Waals surface area contributed by atoms with E-state index in [-0.39, 0.29) is 5.97 Å². The molecule has 1 rings (SSSR count). The minimum Gasteiger partial charge on any atom is -0.466 e. The zero-order chi connectivity index (χ0) is 11.8. The molecule has 0 heterocycles. The molecule has 1 aromatic rings. The summed E-state index contributed by atoms with van der Waals surface area (Å²) in [5, 5.41) is 0. The highest BCUT2D eigenvalue weighted by Gasteiger charge is 2.01. The van der Waals surface area contributed by atoms with Crippen molar-refractivity contribution in [2.24, 2.45) is 0 Å². The van der Waals surface area contributed by atoms with E-state index in [1.807, 2.05) is 31.2 Å². The van der Waals surface area contributed by atoms with Crippen molar-refractivity contribution < 1.29 is 9.53 Å². The lowest BCUT2D eigenvalue weighted by atomic mass is 10.0. The number of hydrogen-bond acceptors (Lipinski definition) is 2. The highest BCUT2D eigenvalue weighted by Crippen LogP contribution is 2.18. The first kappa shape index (κ1) is 12.5. The fourth-order valence-electron chi connectivity index (χ4n) is 1.54. The average Bonchev–Trinajstić information content (AvgIpc) is 2.31. The van der Waals surface area contributed by atoms with Gasteiger partial charge >= 0.3 is 5.97 Å². The topological polar surface area (TPSA) is 26.3 Å². The summed E-state index contributed by atoms with van der Waals surface area (Å²) in [6.45, 7) is 4.35. The van der Waals surface area contributed by atoms with Crippen LogP contribution in [-0.4, -0.2) is 12.6 Å². The van der Waals surface area contributed by atoms with Crippen molar-refractivity contribution in [3.05, 3.63) is 42.0 Å². The minimum atomic E-state index is -0.163. The summed E-state index contributed by atoms with van der Waals surface area (Å²) >= 11 is 0. The Kier molecular flexibility index (Phi) is 5.34. The molecule has 1 aromatic carbocycles. The molecule has 0 aromatic heterocycles. The van der Waals surface area contributed by atoms with Crippen LogP contribution in [0.25, 0.3) is 5.57 Å². The molecule has 0 unspecified atom stereocenters. The molecule has 0 bridgehead atoms. The van der Waals surface area contributed by atoms with Gasteiger partial charge in [-0.25, -0.2) is 0 Å². The quantitative estimate of drug-likeness (QED) is 0.708. The molecule has 0 fully saturated rings. The Morgan fingerprint density at radius 1 is 1.25 bits per heavy atom. The Morgan fingerprint density at radius 3 is 2.50 bits per heavy atom. The second-order valence-corrected chi connectivity index (χ2v) is 3.46. The summed E-state index contributed by atoms with van der Waals surface area (Å²) in [5.74, 6) is -0.163. The molecule has 0 spiro atoms. The third-order valence-electron chi connectivity index (χ3n) is 2.35. The lowest BCUT2D eigenvalue weighted by Crippen LogP contribution is -2.02. The number of benzene rings is 1. The predicted octanol–water partition coefficient (Wildman–Crippen LogP) is 3.43. The Labute approximate surface area is 96.9 Å². The fourth-order valence-corrected chi connectivity index (χ4v) is 1.54. The minimum absolute atomic E-state index is 0.163. The molecular formula is C14H18O2. The highest BCUT2D eigenvalue weighted by atomic mass is 16.5. The van der Waals surface area contributed by atoms with Gasteiger partial charge in [0.05, 0.1) is 13.0 Å². The number of hydrogen-bond donors (Lipinski definition) is 0. The summed E-state index contributed by atoms with van der Waals surface area (Å²) in [6, 6.07) is 10.1. The van der Waals surface area contributed by atoms with Gasteiger partial charge in [0.25, 0.3) is 0 Å². The van der Waals surface area contributed by atoms with E-state index in [4.69, 9.17) is 4.74 Å². The van der Waals surface area contributed by atoms with Crippen molar-refractivity contribution in [1.29, 1.82) is 0 Å². The van der Waals surface area contributed by atoms with Gasteiger partial charge in [0.1, 0.15) is 0 Å². The predicted molar refractivity (Wildman–Crippen MR) is 66.0 cm³/mol. The largest absolute Gasteiger partial charge is 0.466 e. The van der Waals surface area contributed by atoms with E-state index in [1.165, 1.54) is 11.1 Å². The second kappa shape index (κ2) is 6.83. The number of rotatable bonds is 5. The zero-order valence-electron chi connectivity index (χ0n) is 9.90. The highest BCUT2D eigenvalue weighted by molar-refractivity contribution is 5.75. The lowest BCUT2D eigenvalue weighted by molar-refractivity contribution is -0.142. The number of carbonyl (C=O) groups excluding carboxylic acids is 1. The van der Waals surface area contributed by atoms with Crippen LogP contribution in [0, 0.1) is 0 Å². The molecule has 0 aliphatic rings. The van der Waals surface area contributed by atoms with Crippen molar-refractivity contribution >= 4 is 11.5 Å². The second-order valence-electron chi connectivity index (χ2n) is 3.46. The van der Waals surface area contributed by atoms with Gasteiger partial charge in [-0.3, -0.25) is 4.79 Å². The smallest absolute Gasteiger partial charge is 0.309 e. The fraction of sp³-hybridized carbons (Fsp3) is 0.357. The van der Waals surface area contributed by atoms with Crippen LogP contribution in [0.2, 0.25) is 0 Å². The lowest BCUT2D eigenvalue weighted by Gasteiger charge is -2.04. The first-order valence-electron chi connectivity index (χ1n) is 5.68. The summed E-state index contributed by atoms with van der Waals surface area (Å²) in [5.41, 5.74) is 2.36. The van der Waals surface area contributed by atoms with Gasteiger partial charge in [-0.2, -0.15) is 0 Å². The Morgan fingerprint density at radius 2 is 1.94 bits per heavy atom. The van der Waals surface area contributed by atoms with E-state index in [2.05, 4.69) is 19.1 Å². The van der Waals surface area contributed by atoms with E-state index in [0.717, 1.165) is 6.42 Å². The number of esters is 1. The van der Waals surface area contributed by atoms with Gasteiger partial charge in [0.2, 0.25) is 0 Å². The summed E-state index contributed by atoms with van der Waals surface area (Å²) in [7, 11) is 0. The molecule has 2 nitrogen and oxygen atoms in total. The molecular weight excluding hydrogens is 200 g/mol. The van der Waals surface area contributed by atoms with Crippen LogP contribution < -0.4 is 0 Å². The third-order valence-corrected chi connectivity index (χ3v) is 2.35. The third kappa shape index (κ3) is 3.89. The van der Waals surface area contributed by atoms with Gasteiger partial charge in [-0.15, -0.1) is 0 Å². The Balaban J connectivity index is 2.68. The maximum absolute atomic E-state index is 11.2. The molecule has 0 saturated carbocycles. The standard InChI is InChI=1S/C14H18O2/c1-3-12(10-11-14(15)16-4-2)13-8-6-5-7-9-13/h5-10H,3-4,11H2,1-2H3. The molecule has 0 atom stereocenters. The van der Waals surface area contributed by atoms with Crippen LogP contribution in [0.15, 0.2) is 36.4 Å². The van der Waals surface area contributed by atoms with Gasteiger partial charge in [0, 0.05) is 0 Å². The van der Waals surface area contributed by atoms with Gasteiger partial charge in [-0.1, -0.05) is 43.3 Å². The van der Waals surface area contributed by atoms with Crippen molar-refractivity contribution in [2.45, 2.75) is 26.7 Å². The molecule has 0 aliphatic heterocycles. The summed E-state index contributed by atoms with van der Waals surface area (Å²) in [4.78, 5) is 11.2. The monoisotopic (exact) mass is 218 g/mol. The normalized spacial score (nSPS) is 11.2. The van der Waals surface area contributed by atoms with E-state index in [9.17, 15) is 4.79 Å². The van der Waals surface area contributed by atoms with Gasteiger partial charge < -0.3 is 4.74 Å². The van der Waals surface area contributed by atoms with Crippen molar-refractivity contribution in [3.63, 3.8) is 0 Å². The molecule has 16 heavy (non-hydrogen) atoms. The van der Waals surface area contributed by atoms with Crippen LogP contribution in [0.1, 0.15) is 32.3 Å². The van der Waals surface area contributed by atoms with E-state index < -0.39 is 0 Å². The van der Waals surface area contributed by atoms with E-state index in [1.54, 1.807) is 0 Å². The van der Waals surface area contributed by atoms with Gasteiger partial charge in [-0.05, 0) is 24.5 Å². The number of ether oxygens (including phenoxy) is 1. The first-order chi connectivity index (χ1) is 7.77. The summed E-state index contributed by atoms with van der Waals surface area (Å²) < 4.78 is 4.89. The molecule has 0 N–H and O–H groups in total. The molecule has 0 aliphatic carbocycles. The zero-order valence-corrected chi connectivity index (χ0v) is 9.90.